The van der Waals surface area contributed by atoms with Gasteiger partial charge in [0.15, 0.2) is 11.6 Å². The maximum atomic E-state index is 15.2. The summed E-state index contributed by atoms with van der Waals surface area (Å²) in [6.45, 7) is 2.24. The van der Waals surface area contributed by atoms with Crippen molar-refractivity contribution in [3.63, 3.8) is 0 Å². The van der Waals surface area contributed by atoms with Gasteiger partial charge in [0.2, 0.25) is 0 Å². The summed E-state index contributed by atoms with van der Waals surface area (Å²) in [6.07, 6.45) is 17.3. The molecule has 3 aliphatic carbocycles. The van der Waals surface area contributed by atoms with Gasteiger partial charge in [-0.1, -0.05) is 51.5 Å². The molecule has 0 bridgehead atoms. The maximum Gasteiger partial charge on any atom is 0.162 e. The Morgan fingerprint density at radius 1 is 0.903 bits per heavy atom. The van der Waals surface area contributed by atoms with E-state index in [9.17, 15) is 0 Å². The quantitative estimate of drug-likeness (QED) is 0.377. The standard InChI is InChI=1S/C28H42F2O/c1-3-4-5-6-7-8-19-9-10-23-18-26(28(30)27(29)25(23)15-19)22-12-11-21-17-24(31-2)14-13-20(21)16-22/h18-22,24H,3-17H2,1-2H3. The van der Waals surface area contributed by atoms with E-state index in [2.05, 4.69) is 13.0 Å². The summed E-state index contributed by atoms with van der Waals surface area (Å²) in [6, 6.07) is 2.07. The number of aryl methyl sites for hydroxylation is 1. The van der Waals surface area contributed by atoms with Crippen molar-refractivity contribution in [2.75, 3.05) is 7.11 Å². The van der Waals surface area contributed by atoms with Gasteiger partial charge in [0.25, 0.3) is 0 Å². The fourth-order valence-corrected chi connectivity index (χ4v) is 6.86. The van der Waals surface area contributed by atoms with E-state index < -0.39 is 11.6 Å². The van der Waals surface area contributed by atoms with Gasteiger partial charge in [-0.2, -0.15) is 0 Å². The van der Waals surface area contributed by atoms with E-state index in [-0.39, 0.29) is 5.92 Å². The van der Waals surface area contributed by atoms with Crippen molar-refractivity contribution in [1.82, 2.24) is 0 Å². The van der Waals surface area contributed by atoms with E-state index in [0.717, 1.165) is 56.9 Å². The SMILES string of the molecule is CCCCCCCC1CCc2cc(C3CCC4CC(OC)CCC4C3)c(F)c(F)c2C1. The van der Waals surface area contributed by atoms with Gasteiger partial charge in [-0.05, 0) is 98.1 Å². The van der Waals surface area contributed by atoms with Crippen LogP contribution >= 0.6 is 0 Å². The summed E-state index contributed by atoms with van der Waals surface area (Å²) in [5.41, 5.74) is 2.48. The molecule has 5 atom stereocenters. The van der Waals surface area contributed by atoms with Crippen molar-refractivity contribution >= 4 is 0 Å². The van der Waals surface area contributed by atoms with Crippen molar-refractivity contribution < 1.29 is 13.5 Å². The fraction of sp³-hybridized carbons (Fsp3) is 0.786. The van der Waals surface area contributed by atoms with Crippen LogP contribution in [0.15, 0.2) is 6.07 Å². The zero-order valence-electron chi connectivity index (χ0n) is 19.7. The van der Waals surface area contributed by atoms with Crippen LogP contribution in [0.2, 0.25) is 0 Å². The highest BCUT2D eigenvalue weighted by molar-refractivity contribution is 5.38. The molecule has 31 heavy (non-hydrogen) atoms. The molecule has 3 heteroatoms. The molecule has 3 aliphatic rings. The molecule has 0 aliphatic heterocycles. The van der Waals surface area contributed by atoms with Crippen molar-refractivity contribution in [2.45, 2.75) is 115 Å². The van der Waals surface area contributed by atoms with Crippen molar-refractivity contribution in [1.29, 1.82) is 0 Å². The Labute approximate surface area is 188 Å². The minimum absolute atomic E-state index is 0.191. The molecule has 0 spiro atoms. The Hall–Kier alpha value is -0.960. The van der Waals surface area contributed by atoms with Crippen LogP contribution in [-0.2, 0) is 17.6 Å². The van der Waals surface area contributed by atoms with Crippen LogP contribution in [0.25, 0.3) is 0 Å². The van der Waals surface area contributed by atoms with Gasteiger partial charge in [0, 0.05) is 7.11 Å². The Morgan fingerprint density at radius 2 is 1.68 bits per heavy atom. The minimum Gasteiger partial charge on any atom is -0.381 e. The van der Waals surface area contributed by atoms with E-state index in [1.165, 1.54) is 44.9 Å². The van der Waals surface area contributed by atoms with Crippen LogP contribution < -0.4 is 0 Å². The first-order valence-corrected chi connectivity index (χ1v) is 13.1. The summed E-state index contributed by atoms with van der Waals surface area (Å²) in [5.74, 6) is 1.03. The second kappa shape index (κ2) is 10.8. The van der Waals surface area contributed by atoms with E-state index in [0.29, 0.717) is 35.0 Å². The van der Waals surface area contributed by atoms with Crippen molar-refractivity contribution in [3.8, 4) is 0 Å². The molecule has 0 N–H and O–H groups in total. The lowest BCUT2D eigenvalue weighted by Gasteiger charge is -2.42. The lowest BCUT2D eigenvalue weighted by atomic mass is 9.65. The van der Waals surface area contributed by atoms with Gasteiger partial charge < -0.3 is 4.74 Å². The Morgan fingerprint density at radius 3 is 2.48 bits per heavy atom. The van der Waals surface area contributed by atoms with E-state index in [1.807, 2.05) is 7.11 Å². The van der Waals surface area contributed by atoms with Gasteiger partial charge in [0.05, 0.1) is 6.10 Å². The zero-order chi connectivity index (χ0) is 21.8. The van der Waals surface area contributed by atoms with Crippen LogP contribution in [0, 0.1) is 29.4 Å². The topological polar surface area (TPSA) is 9.23 Å². The number of methoxy groups -OCH3 is 1. The summed E-state index contributed by atoms with van der Waals surface area (Å²) >= 11 is 0. The number of hydrogen-bond donors (Lipinski definition) is 0. The molecule has 2 saturated carbocycles. The van der Waals surface area contributed by atoms with Gasteiger partial charge in [-0.15, -0.1) is 0 Å². The van der Waals surface area contributed by atoms with Crippen LogP contribution in [0.5, 0.6) is 0 Å². The van der Waals surface area contributed by atoms with E-state index in [1.54, 1.807) is 0 Å². The Kier molecular flexibility index (Phi) is 8.06. The Balaban J connectivity index is 1.40. The molecule has 1 nitrogen and oxygen atoms in total. The monoisotopic (exact) mass is 432 g/mol. The molecule has 174 valence electrons. The molecule has 5 unspecified atom stereocenters. The van der Waals surface area contributed by atoms with Crippen LogP contribution in [-0.4, -0.2) is 13.2 Å². The molecular weight excluding hydrogens is 390 g/mol. The number of hydrogen-bond acceptors (Lipinski definition) is 1. The number of fused-ring (bicyclic) bond motifs is 2. The lowest BCUT2D eigenvalue weighted by Crippen LogP contribution is -2.33. The molecule has 0 amide bonds. The second-order valence-electron chi connectivity index (χ2n) is 10.7. The highest BCUT2D eigenvalue weighted by Gasteiger charge is 2.38. The van der Waals surface area contributed by atoms with E-state index >= 15 is 8.78 Å². The van der Waals surface area contributed by atoms with Gasteiger partial charge in [0.1, 0.15) is 0 Å². The third kappa shape index (κ3) is 5.34. The van der Waals surface area contributed by atoms with Gasteiger partial charge >= 0.3 is 0 Å². The predicted octanol–water partition coefficient (Wildman–Crippen LogP) is 8.13. The number of ether oxygens (including phenoxy) is 1. The van der Waals surface area contributed by atoms with Gasteiger partial charge in [-0.25, -0.2) is 8.78 Å². The molecule has 2 fully saturated rings. The van der Waals surface area contributed by atoms with E-state index in [4.69, 9.17) is 4.74 Å². The van der Waals surface area contributed by atoms with Crippen LogP contribution in [0.3, 0.4) is 0 Å². The van der Waals surface area contributed by atoms with Crippen LogP contribution in [0.1, 0.15) is 113 Å². The average molecular weight is 433 g/mol. The molecule has 1 aromatic carbocycles. The summed E-state index contributed by atoms with van der Waals surface area (Å²) in [4.78, 5) is 0. The number of unbranched alkanes of at least 4 members (excludes halogenated alkanes) is 4. The summed E-state index contributed by atoms with van der Waals surface area (Å²) in [7, 11) is 1.82. The lowest BCUT2D eigenvalue weighted by molar-refractivity contribution is 0.0121. The highest BCUT2D eigenvalue weighted by atomic mass is 19.2. The first-order chi connectivity index (χ1) is 15.1. The zero-order valence-corrected chi connectivity index (χ0v) is 19.7. The first-order valence-electron chi connectivity index (χ1n) is 13.1. The molecule has 4 rings (SSSR count). The number of benzene rings is 1. The predicted molar refractivity (Wildman–Crippen MR) is 123 cm³/mol. The summed E-state index contributed by atoms with van der Waals surface area (Å²) in [5, 5.41) is 0. The fourth-order valence-electron chi connectivity index (χ4n) is 6.86. The molecule has 0 radical (unpaired) electrons. The van der Waals surface area contributed by atoms with Crippen LogP contribution in [0.4, 0.5) is 8.78 Å². The normalized spacial score (nSPS) is 30.6. The second-order valence-corrected chi connectivity index (χ2v) is 10.7. The molecular formula is C28H42F2O. The largest absolute Gasteiger partial charge is 0.381 e. The molecule has 0 aromatic heterocycles. The maximum absolute atomic E-state index is 15.2. The van der Waals surface area contributed by atoms with Gasteiger partial charge in [-0.3, -0.25) is 0 Å². The smallest absolute Gasteiger partial charge is 0.162 e. The van der Waals surface area contributed by atoms with Crippen molar-refractivity contribution in [2.24, 2.45) is 17.8 Å². The third-order valence-corrected chi connectivity index (χ3v) is 8.80. The average Bonchev–Trinajstić information content (AvgIpc) is 2.80. The number of rotatable bonds is 8. The first kappa shape index (κ1) is 23.2. The minimum atomic E-state index is -0.531. The van der Waals surface area contributed by atoms with Crippen molar-refractivity contribution in [3.05, 3.63) is 34.4 Å². The molecule has 0 saturated heterocycles. The molecule has 1 aromatic rings. The number of halogens is 2. The summed E-state index contributed by atoms with van der Waals surface area (Å²) < 4.78 is 36.0. The Bertz CT molecular complexity index is 730. The molecule has 0 heterocycles. The third-order valence-electron chi connectivity index (χ3n) is 8.80. The highest BCUT2D eigenvalue weighted by Crippen LogP contribution is 2.48.